The van der Waals surface area contributed by atoms with E-state index in [0.29, 0.717) is 6.01 Å². The zero-order valence-electron chi connectivity index (χ0n) is 11.7. The molecule has 0 unspecified atom stereocenters. The molecule has 0 amide bonds. The summed E-state index contributed by atoms with van der Waals surface area (Å²) < 4.78 is 5.05. The van der Waals surface area contributed by atoms with Gasteiger partial charge in [-0.25, -0.2) is 9.97 Å². The van der Waals surface area contributed by atoms with E-state index in [4.69, 9.17) is 4.74 Å². The average molecular weight is 294 g/mol. The molecule has 0 aliphatic carbocycles. The molecule has 0 N–H and O–H groups in total. The fraction of sp³-hybridized carbons (Fsp3) is 0.0588. The van der Waals surface area contributed by atoms with E-state index in [-0.39, 0.29) is 0 Å². The third-order valence-corrected chi connectivity index (χ3v) is 5.46. The van der Waals surface area contributed by atoms with Gasteiger partial charge in [0, 0.05) is 17.7 Å². The molecule has 21 heavy (non-hydrogen) atoms. The van der Waals surface area contributed by atoms with Gasteiger partial charge in [-0.2, -0.15) is 0 Å². The molecule has 4 heteroatoms. The molecule has 0 fully saturated rings. The Labute approximate surface area is 125 Å². The fourth-order valence-electron chi connectivity index (χ4n) is 2.13. The van der Waals surface area contributed by atoms with Crippen molar-refractivity contribution in [3.8, 4) is 6.01 Å². The Kier molecular flexibility index (Phi) is 4.23. The first-order valence-corrected chi connectivity index (χ1v) is 7.99. The molecule has 1 heterocycles. The maximum absolute atomic E-state index is 5.05. The summed E-state index contributed by atoms with van der Waals surface area (Å²) in [7, 11) is 0.932. The third kappa shape index (κ3) is 3.09. The van der Waals surface area contributed by atoms with E-state index in [2.05, 4.69) is 58.5 Å². The minimum Gasteiger partial charge on any atom is -0.467 e. The van der Waals surface area contributed by atoms with Gasteiger partial charge in [0.15, 0.2) is 0 Å². The smallest absolute Gasteiger partial charge is 0.316 e. The van der Waals surface area contributed by atoms with Crippen LogP contribution in [-0.4, -0.2) is 17.1 Å². The van der Waals surface area contributed by atoms with Gasteiger partial charge in [0.1, 0.15) is 0 Å². The summed E-state index contributed by atoms with van der Waals surface area (Å²) in [4.78, 5) is 8.50. The molecule has 0 aliphatic heterocycles. The minimum atomic E-state index is -0.644. The van der Waals surface area contributed by atoms with E-state index in [0.717, 1.165) is 5.30 Å². The molecule has 0 atom stereocenters. The quantitative estimate of drug-likeness (QED) is 0.692. The van der Waals surface area contributed by atoms with E-state index in [9.17, 15) is 0 Å². The van der Waals surface area contributed by atoms with Crippen molar-refractivity contribution in [2.75, 3.05) is 7.11 Å². The predicted octanol–water partition coefficient (Wildman–Crippen LogP) is 2.24. The third-order valence-electron chi connectivity index (χ3n) is 3.08. The molecule has 3 rings (SSSR count). The van der Waals surface area contributed by atoms with Crippen LogP contribution < -0.4 is 20.7 Å². The van der Waals surface area contributed by atoms with Crippen LogP contribution in [0.5, 0.6) is 6.01 Å². The standard InChI is InChI=1S/C17H15N2OP/c1-20-17-18-12-16(13-19-17)21(14-8-4-2-5-9-14)15-10-6-3-7-11-15/h2-13H,1H3. The lowest BCUT2D eigenvalue weighted by Gasteiger charge is -2.18. The largest absolute Gasteiger partial charge is 0.467 e. The van der Waals surface area contributed by atoms with Gasteiger partial charge in [-0.05, 0) is 18.5 Å². The molecular formula is C17H15N2OP. The Morgan fingerprint density at radius 2 is 1.19 bits per heavy atom. The summed E-state index contributed by atoms with van der Waals surface area (Å²) in [6.45, 7) is 0. The van der Waals surface area contributed by atoms with Gasteiger partial charge in [0.2, 0.25) is 0 Å². The molecule has 0 radical (unpaired) electrons. The highest BCUT2D eigenvalue weighted by Crippen LogP contribution is 2.31. The second kappa shape index (κ2) is 6.47. The van der Waals surface area contributed by atoms with Gasteiger partial charge in [0.25, 0.3) is 0 Å². The molecular weight excluding hydrogens is 279 g/mol. The van der Waals surface area contributed by atoms with Crippen LogP contribution in [0.25, 0.3) is 0 Å². The Hall–Kier alpha value is -2.25. The van der Waals surface area contributed by atoms with E-state index < -0.39 is 7.92 Å². The van der Waals surface area contributed by atoms with E-state index in [1.165, 1.54) is 10.6 Å². The lowest BCUT2D eigenvalue weighted by Crippen LogP contribution is -2.21. The first-order chi connectivity index (χ1) is 10.4. The monoisotopic (exact) mass is 294 g/mol. The summed E-state index contributed by atoms with van der Waals surface area (Å²) in [6.07, 6.45) is 3.72. The van der Waals surface area contributed by atoms with Gasteiger partial charge in [-0.15, -0.1) is 0 Å². The minimum absolute atomic E-state index is 0.398. The van der Waals surface area contributed by atoms with E-state index in [1.54, 1.807) is 7.11 Å². The topological polar surface area (TPSA) is 35.0 Å². The van der Waals surface area contributed by atoms with Gasteiger partial charge in [0.05, 0.1) is 7.11 Å². The SMILES string of the molecule is COc1ncc(P(c2ccccc2)c2ccccc2)cn1. The summed E-state index contributed by atoms with van der Waals surface area (Å²) in [6, 6.07) is 21.4. The number of hydrogen-bond donors (Lipinski definition) is 0. The molecule has 0 spiro atoms. The second-order valence-corrected chi connectivity index (χ2v) is 6.65. The van der Waals surface area contributed by atoms with E-state index >= 15 is 0 Å². The van der Waals surface area contributed by atoms with Crippen molar-refractivity contribution in [3.63, 3.8) is 0 Å². The zero-order valence-corrected chi connectivity index (χ0v) is 12.6. The van der Waals surface area contributed by atoms with Gasteiger partial charge in [-0.1, -0.05) is 60.7 Å². The summed E-state index contributed by atoms with van der Waals surface area (Å²) in [5, 5.41) is 3.68. The van der Waals surface area contributed by atoms with Crippen molar-refractivity contribution >= 4 is 23.8 Å². The Balaban J connectivity index is 2.07. The highest BCUT2D eigenvalue weighted by atomic mass is 31.1. The number of benzene rings is 2. The van der Waals surface area contributed by atoms with Crippen molar-refractivity contribution in [1.82, 2.24) is 9.97 Å². The number of methoxy groups -OCH3 is 1. The normalized spacial score (nSPS) is 10.6. The molecule has 104 valence electrons. The van der Waals surface area contributed by atoms with Crippen molar-refractivity contribution in [3.05, 3.63) is 73.1 Å². The van der Waals surface area contributed by atoms with Crippen molar-refractivity contribution in [1.29, 1.82) is 0 Å². The van der Waals surface area contributed by atoms with Gasteiger partial charge < -0.3 is 4.74 Å². The van der Waals surface area contributed by atoms with Crippen LogP contribution in [-0.2, 0) is 0 Å². The maximum Gasteiger partial charge on any atom is 0.316 e. The van der Waals surface area contributed by atoms with Crippen LogP contribution >= 0.6 is 7.92 Å². The Morgan fingerprint density at radius 3 is 1.62 bits per heavy atom. The summed E-state index contributed by atoms with van der Waals surface area (Å²) in [5.41, 5.74) is 0. The summed E-state index contributed by atoms with van der Waals surface area (Å²) in [5.74, 6) is 0. The first kappa shape index (κ1) is 13.7. The molecule has 0 aliphatic rings. The van der Waals surface area contributed by atoms with Crippen molar-refractivity contribution in [2.45, 2.75) is 0 Å². The Morgan fingerprint density at radius 1 is 0.714 bits per heavy atom. The fourth-order valence-corrected chi connectivity index (χ4v) is 4.31. The summed E-state index contributed by atoms with van der Waals surface area (Å²) >= 11 is 0. The Bertz CT molecular complexity index is 648. The number of ether oxygens (including phenoxy) is 1. The molecule has 0 bridgehead atoms. The number of aromatic nitrogens is 2. The number of hydrogen-bond acceptors (Lipinski definition) is 3. The molecule has 3 aromatic rings. The molecule has 3 nitrogen and oxygen atoms in total. The molecule has 2 aromatic carbocycles. The predicted molar refractivity (Wildman–Crippen MR) is 87.3 cm³/mol. The zero-order chi connectivity index (χ0) is 14.5. The molecule has 1 aromatic heterocycles. The van der Waals surface area contributed by atoms with Crippen molar-refractivity contribution < 1.29 is 4.74 Å². The molecule has 0 saturated carbocycles. The second-order valence-electron chi connectivity index (χ2n) is 4.43. The van der Waals surface area contributed by atoms with Gasteiger partial charge >= 0.3 is 6.01 Å². The number of rotatable bonds is 4. The van der Waals surface area contributed by atoms with Crippen LogP contribution in [0.1, 0.15) is 0 Å². The average Bonchev–Trinajstić information content (AvgIpc) is 2.58. The van der Waals surface area contributed by atoms with Crippen LogP contribution in [0.15, 0.2) is 73.1 Å². The lowest BCUT2D eigenvalue weighted by molar-refractivity contribution is 0.380. The van der Waals surface area contributed by atoms with Crippen LogP contribution in [0, 0.1) is 0 Å². The van der Waals surface area contributed by atoms with Crippen LogP contribution in [0.2, 0.25) is 0 Å². The van der Waals surface area contributed by atoms with E-state index in [1.807, 2.05) is 24.5 Å². The first-order valence-electron chi connectivity index (χ1n) is 6.65. The van der Waals surface area contributed by atoms with Crippen LogP contribution in [0.4, 0.5) is 0 Å². The van der Waals surface area contributed by atoms with Crippen molar-refractivity contribution in [2.24, 2.45) is 0 Å². The highest BCUT2D eigenvalue weighted by molar-refractivity contribution is 7.79. The highest BCUT2D eigenvalue weighted by Gasteiger charge is 2.16. The lowest BCUT2D eigenvalue weighted by atomic mass is 10.4. The number of nitrogens with zero attached hydrogens (tertiary/aromatic N) is 2. The maximum atomic E-state index is 5.05. The van der Waals surface area contributed by atoms with Crippen LogP contribution in [0.3, 0.4) is 0 Å². The van der Waals surface area contributed by atoms with Gasteiger partial charge in [-0.3, -0.25) is 0 Å². The molecule has 0 saturated heterocycles.